The summed E-state index contributed by atoms with van der Waals surface area (Å²) in [6, 6.07) is 4.42. The summed E-state index contributed by atoms with van der Waals surface area (Å²) in [5.41, 5.74) is 6.36. The van der Waals surface area contributed by atoms with Gasteiger partial charge in [-0.1, -0.05) is 0 Å². The molecule has 0 saturated heterocycles. The number of nitrogens with two attached hydrogens (primary N) is 2. The summed E-state index contributed by atoms with van der Waals surface area (Å²) < 4.78 is 22.5. The van der Waals surface area contributed by atoms with Crippen molar-refractivity contribution in [1.82, 2.24) is 5.32 Å². The van der Waals surface area contributed by atoms with Crippen LogP contribution in [-0.2, 0) is 14.8 Å². The van der Waals surface area contributed by atoms with Crippen molar-refractivity contribution in [2.45, 2.75) is 24.8 Å². The van der Waals surface area contributed by atoms with E-state index in [1.165, 1.54) is 12.1 Å². The lowest BCUT2D eigenvalue weighted by Crippen LogP contribution is -2.38. The van der Waals surface area contributed by atoms with Crippen molar-refractivity contribution in [1.29, 1.82) is 0 Å². The SMILES string of the molecule is CC(C)NC(=O)CN(C)c1ccc(S(N)(=O)=O)c(N)c1. The van der Waals surface area contributed by atoms with Crippen molar-refractivity contribution < 1.29 is 13.2 Å². The molecule has 112 valence electrons. The molecule has 1 aromatic rings. The van der Waals surface area contributed by atoms with Crippen LogP contribution in [0.2, 0.25) is 0 Å². The Morgan fingerprint density at radius 1 is 1.40 bits per heavy atom. The molecule has 1 amide bonds. The minimum Gasteiger partial charge on any atom is -0.398 e. The molecule has 0 aromatic heterocycles. The van der Waals surface area contributed by atoms with Gasteiger partial charge in [-0.15, -0.1) is 0 Å². The van der Waals surface area contributed by atoms with Crippen LogP contribution in [0.5, 0.6) is 0 Å². The number of nitrogens with zero attached hydrogens (tertiary/aromatic N) is 1. The number of primary sulfonamides is 1. The summed E-state index contributed by atoms with van der Waals surface area (Å²) in [6.45, 7) is 3.89. The summed E-state index contributed by atoms with van der Waals surface area (Å²) >= 11 is 0. The number of nitrogen functional groups attached to an aromatic ring is 1. The number of likely N-dealkylation sites (N-methyl/N-ethyl adjacent to an activating group) is 1. The lowest BCUT2D eigenvalue weighted by molar-refractivity contribution is -0.120. The Morgan fingerprint density at radius 3 is 2.45 bits per heavy atom. The zero-order chi connectivity index (χ0) is 15.5. The smallest absolute Gasteiger partial charge is 0.240 e. The standard InChI is InChI=1S/C12H20N4O3S/c1-8(2)15-12(17)7-16(3)9-4-5-11(10(13)6-9)20(14,18)19/h4-6,8H,7,13H2,1-3H3,(H,15,17)(H2,14,18,19). The Kier molecular flexibility index (Phi) is 4.96. The summed E-state index contributed by atoms with van der Waals surface area (Å²) in [4.78, 5) is 13.2. The first kappa shape index (κ1) is 16.3. The van der Waals surface area contributed by atoms with E-state index in [1.807, 2.05) is 13.8 Å². The highest BCUT2D eigenvalue weighted by Crippen LogP contribution is 2.23. The van der Waals surface area contributed by atoms with E-state index < -0.39 is 10.0 Å². The van der Waals surface area contributed by atoms with Crippen molar-refractivity contribution in [2.75, 3.05) is 24.2 Å². The Morgan fingerprint density at radius 2 is 2.00 bits per heavy atom. The maximum absolute atomic E-state index is 11.6. The fourth-order valence-electron chi connectivity index (χ4n) is 1.71. The molecule has 1 aromatic carbocycles. The van der Waals surface area contributed by atoms with Crippen LogP contribution in [0, 0.1) is 0 Å². The normalized spacial score (nSPS) is 11.4. The molecule has 0 heterocycles. The minimum atomic E-state index is -3.84. The molecule has 0 aliphatic carbocycles. The van der Waals surface area contributed by atoms with Crippen molar-refractivity contribution in [3.63, 3.8) is 0 Å². The first-order valence-corrected chi connectivity index (χ1v) is 7.58. The lowest BCUT2D eigenvalue weighted by atomic mass is 10.2. The highest BCUT2D eigenvalue weighted by Gasteiger charge is 2.14. The van der Waals surface area contributed by atoms with Gasteiger partial charge in [0.25, 0.3) is 0 Å². The second-order valence-electron chi connectivity index (χ2n) is 4.85. The number of amides is 1. The van der Waals surface area contributed by atoms with Gasteiger partial charge < -0.3 is 16.0 Å². The van der Waals surface area contributed by atoms with Crippen molar-refractivity contribution in [3.8, 4) is 0 Å². The summed E-state index contributed by atoms with van der Waals surface area (Å²) in [5, 5.41) is 7.80. The monoisotopic (exact) mass is 300 g/mol. The second kappa shape index (κ2) is 6.10. The van der Waals surface area contributed by atoms with Crippen LogP contribution in [0.1, 0.15) is 13.8 Å². The first-order valence-electron chi connectivity index (χ1n) is 6.04. The molecule has 0 aliphatic heterocycles. The highest BCUT2D eigenvalue weighted by molar-refractivity contribution is 7.89. The van der Waals surface area contributed by atoms with Gasteiger partial charge in [0.1, 0.15) is 4.90 Å². The van der Waals surface area contributed by atoms with Gasteiger partial charge in [-0.3, -0.25) is 4.79 Å². The van der Waals surface area contributed by atoms with Crippen molar-refractivity contribution in [2.24, 2.45) is 5.14 Å². The number of anilines is 2. The predicted molar refractivity (Wildman–Crippen MR) is 78.8 cm³/mol. The summed E-state index contributed by atoms with van der Waals surface area (Å²) in [6.07, 6.45) is 0. The molecule has 0 atom stereocenters. The Bertz CT molecular complexity index is 599. The van der Waals surface area contributed by atoms with Gasteiger partial charge in [-0.25, -0.2) is 13.6 Å². The molecule has 0 radical (unpaired) electrons. The van der Waals surface area contributed by atoms with E-state index in [2.05, 4.69) is 5.32 Å². The number of nitrogens with one attached hydrogen (secondary N) is 1. The van der Waals surface area contributed by atoms with Gasteiger partial charge in [0.05, 0.1) is 12.2 Å². The molecule has 0 saturated carbocycles. The van der Waals surface area contributed by atoms with E-state index in [-0.39, 0.29) is 29.1 Å². The van der Waals surface area contributed by atoms with E-state index in [0.29, 0.717) is 5.69 Å². The van der Waals surface area contributed by atoms with Crippen LogP contribution in [0.25, 0.3) is 0 Å². The molecule has 5 N–H and O–H groups in total. The van der Waals surface area contributed by atoms with E-state index in [1.54, 1.807) is 18.0 Å². The average Bonchev–Trinajstić information content (AvgIpc) is 2.25. The number of rotatable bonds is 5. The first-order chi connectivity index (χ1) is 9.11. The topological polar surface area (TPSA) is 119 Å². The largest absolute Gasteiger partial charge is 0.398 e. The van der Waals surface area contributed by atoms with Gasteiger partial charge in [-0.05, 0) is 32.0 Å². The van der Waals surface area contributed by atoms with Crippen LogP contribution >= 0.6 is 0 Å². The number of hydrogen-bond acceptors (Lipinski definition) is 5. The summed E-state index contributed by atoms with van der Waals surface area (Å²) in [7, 11) is -2.12. The molecular weight excluding hydrogens is 280 g/mol. The molecular formula is C12H20N4O3S. The molecule has 0 unspecified atom stereocenters. The predicted octanol–water partition coefficient (Wildman–Crippen LogP) is -0.123. The number of benzene rings is 1. The maximum Gasteiger partial charge on any atom is 0.240 e. The van der Waals surface area contributed by atoms with E-state index in [9.17, 15) is 13.2 Å². The Balaban J connectivity index is 2.88. The molecule has 1 rings (SSSR count). The highest BCUT2D eigenvalue weighted by atomic mass is 32.2. The van der Waals surface area contributed by atoms with Crippen LogP contribution in [-0.4, -0.2) is 34.0 Å². The molecule has 0 aliphatic rings. The van der Waals surface area contributed by atoms with Gasteiger partial charge in [0, 0.05) is 18.8 Å². The fraction of sp³-hybridized carbons (Fsp3) is 0.417. The number of hydrogen-bond donors (Lipinski definition) is 3. The maximum atomic E-state index is 11.6. The molecule has 20 heavy (non-hydrogen) atoms. The summed E-state index contributed by atoms with van der Waals surface area (Å²) in [5.74, 6) is -0.128. The van der Waals surface area contributed by atoms with Crippen LogP contribution in [0.4, 0.5) is 11.4 Å². The number of sulfonamides is 1. The van der Waals surface area contributed by atoms with E-state index in [0.717, 1.165) is 0 Å². The molecule has 0 fully saturated rings. The van der Waals surface area contributed by atoms with Gasteiger partial charge in [0.15, 0.2) is 0 Å². The van der Waals surface area contributed by atoms with Crippen molar-refractivity contribution in [3.05, 3.63) is 18.2 Å². The molecule has 8 heteroatoms. The number of carbonyl (C=O) groups excluding carboxylic acids is 1. The molecule has 0 bridgehead atoms. The van der Waals surface area contributed by atoms with Gasteiger partial charge in [-0.2, -0.15) is 0 Å². The average molecular weight is 300 g/mol. The van der Waals surface area contributed by atoms with Crippen LogP contribution in [0.15, 0.2) is 23.1 Å². The van der Waals surface area contributed by atoms with Crippen LogP contribution in [0.3, 0.4) is 0 Å². The molecule has 7 nitrogen and oxygen atoms in total. The van der Waals surface area contributed by atoms with Gasteiger partial charge in [0.2, 0.25) is 15.9 Å². The van der Waals surface area contributed by atoms with E-state index in [4.69, 9.17) is 10.9 Å². The number of carbonyl (C=O) groups is 1. The van der Waals surface area contributed by atoms with Gasteiger partial charge >= 0.3 is 0 Å². The third kappa shape index (κ3) is 4.39. The quantitative estimate of drug-likeness (QED) is 0.655. The zero-order valence-corrected chi connectivity index (χ0v) is 12.6. The Labute approximate surface area is 119 Å². The molecule has 0 spiro atoms. The minimum absolute atomic E-state index is 0.0566. The third-order valence-corrected chi connectivity index (χ3v) is 3.56. The fourth-order valence-corrected chi connectivity index (χ4v) is 2.35. The second-order valence-corrected chi connectivity index (χ2v) is 6.38. The van der Waals surface area contributed by atoms with Crippen LogP contribution < -0.4 is 21.1 Å². The lowest BCUT2D eigenvalue weighted by Gasteiger charge is -2.20. The Hall–Kier alpha value is -1.80. The third-order valence-electron chi connectivity index (χ3n) is 2.57. The zero-order valence-electron chi connectivity index (χ0n) is 11.8. The van der Waals surface area contributed by atoms with Crippen molar-refractivity contribution >= 4 is 27.3 Å². The van der Waals surface area contributed by atoms with E-state index >= 15 is 0 Å².